The Kier molecular flexibility index (Phi) is 19.5. The number of aliphatic carboxylic acids is 2. The van der Waals surface area contributed by atoms with Gasteiger partial charge in [-0.1, -0.05) is 137 Å². The summed E-state index contributed by atoms with van der Waals surface area (Å²) in [6, 6.07) is 7.53. The Labute approximate surface area is 274 Å². The van der Waals surface area contributed by atoms with E-state index in [4.69, 9.17) is 10.2 Å². The predicted molar refractivity (Wildman–Crippen MR) is 188 cm³/mol. The minimum absolute atomic E-state index is 0.119. The van der Waals surface area contributed by atoms with Crippen molar-refractivity contribution in [1.29, 1.82) is 0 Å². The number of hydrogen-bond donors (Lipinski definition) is 4. The standard InChI is InChI=1S/2C14H20O3.C11H24/c2*1-9-7-10(5-6-12(15)16)8-11(13(9)17)14(2,3)4;1-3-5-7-9-11-10-8-6-4-2/h2*7-8,17H,5-6H2,1-4H3,(H,15,16);3-11H2,1-2H3. The molecule has 0 aliphatic heterocycles. The van der Waals surface area contributed by atoms with Gasteiger partial charge in [0.05, 0.1) is 0 Å². The number of aromatic hydroxyl groups is 2. The summed E-state index contributed by atoms with van der Waals surface area (Å²) in [5, 5.41) is 37.4. The summed E-state index contributed by atoms with van der Waals surface area (Å²) in [6.45, 7) is 20.4. The van der Waals surface area contributed by atoms with Crippen LogP contribution in [0.15, 0.2) is 24.3 Å². The molecule has 6 nitrogen and oxygen atoms in total. The van der Waals surface area contributed by atoms with Gasteiger partial charge in [-0.05, 0) is 70.9 Å². The molecule has 0 saturated carbocycles. The molecule has 0 atom stereocenters. The van der Waals surface area contributed by atoms with Crippen LogP contribution in [0.3, 0.4) is 0 Å². The molecule has 0 bridgehead atoms. The molecule has 0 radical (unpaired) electrons. The first-order valence-corrected chi connectivity index (χ1v) is 16.9. The Bertz CT molecular complexity index is 1080. The lowest BCUT2D eigenvalue weighted by molar-refractivity contribution is -0.138. The van der Waals surface area contributed by atoms with Crippen LogP contribution < -0.4 is 0 Å². The summed E-state index contributed by atoms with van der Waals surface area (Å²) in [6.07, 6.45) is 14.2. The molecule has 0 aliphatic carbocycles. The number of carboxylic acids is 2. The van der Waals surface area contributed by atoms with Crippen molar-refractivity contribution in [1.82, 2.24) is 0 Å². The number of phenolic OH excluding ortho intramolecular Hbond substituents is 2. The summed E-state index contributed by atoms with van der Waals surface area (Å²) < 4.78 is 0. The lowest BCUT2D eigenvalue weighted by Gasteiger charge is -2.22. The Morgan fingerprint density at radius 3 is 1.09 bits per heavy atom. The van der Waals surface area contributed by atoms with Gasteiger partial charge in [0.2, 0.25) is 0 Å². The van der Waals surface area contributed by atoms with Gasteiger partial charge in [0.1, 0.15) is 11.5 Å². The highest BCUT2D eigenvalue weighted by atomic mass is 16.4. The predicted octanol–water partition coefficient (Wildman–Crippen LogP) is 10.6. The zero-order chi connectivity index (χ0) is 34.8. The van der Waals surface area contributed by atoms with E-state index in [2.05, 4.69) is 13.8 Å². The molecule has 45 heavy (non-hydrogen) atoms. The molecule has 0 heterocycles. The lowest BCUT2D eigenvalue weighted by Crippen LogP contribution is -2.12. The summed E-state index contributed by atoms with van der Waals surface area (Å²) in [4.78, 5) is 21.1. The molecule has 2 aromatic rings. The molecular formula is C39H64O6. The third kappa shape index (κ3) is 17.9. The third-order valence-electron chi connectivity index (χ3n) is 7.80. The van der Waals surface area contributed by atoms with Crippen molar-refractivity contribution >= 4 is 11.9 Å². The second-order valence-corrected chi connectivity index (χ2v) is 14.4. The second-order valence-electron chi connectivity index (χ2n) is 14.4. The molecule has 256 valence electrons. The molecule has 2 rings (SSSR count). The highest BCUT2D eigenvalue weighted by molar-refractivity contribution is 5.67. The van der Waals surface area contributed by atoms with Gasteiger partial charge in [0.25, 0.3) is 0 Å². The largest absolute Gasteiger partial charge is 0.507 e. The first kappa shape index (κ1) is 42.0. The molecule has 0 amide bonds. The van der Waals surface area contributed by atoms with Gasteiger partial charge in [-0.15, -0.1) is 0 Å². The number of phenols is 2. The van der Waals surface area contributed by atoms with E-state index in [9.17, 15) is 19.8 Å². The molecule has 2 aromatic carbocycles. The number of unbranched alkanes of at least 4 members (excludes halogenated alkanes) is 8. The molecule has 0 fully saturated rings. The van der Waals surface area contributed by atoms with E-state index in [1.165, 1.54) is 57.8 Å². The van der Waals surface area contributed by atoms with Crippen LogP contribution in [0.1, 0.15) is 159 Å². The van der Waals surface area contributed by atoms with Gasteiger partial charge < -0.3 is 20.4 Å². The van der Waals surface area contributed by atoms with Crippen LogP contribution in [0, 0.1) is 13.8 Å². The Morgan fingerprint density at radius 1 is 0.556 bits per heavy atom. The molecule has 0 spiro atoms. The zero-order valence-electron chi connectivity index (χ0n) is 30.1. The molecule has 4 N–H and O–H groups in total. The van der Waals surface area contributed by atoms with Gasteiger partial charge >= 0.3 is 11.9 Å². The van der Waals surface area contributed by atoms with E-state index in [1.807, 2.05) is 79.7 Å². The lowest BCUT2D eigenvalue weighted by atomic mass is 9.83. The third-order valence-corrected chi connectivity index (χ3v) is 7.80. The topological polar surface area (TPSA) is 115 Å². The Morgan fingerprint density at radius 2 is 0.844 bits per heavy atom. The Balaban J connectivity index is 0.000000664. The number of hydrogen-bond acceptors (Lipinski definition) is 4. The summed E-state index contributed by atoms with van der Waals surface area (Å²) >= 11 is 0. The number of benzene rings is 2. The van der Waals surface area contributed by atoms with Crippen molar-refractivity contribution < 1.29 is 30.0 Å². The van der Waals surface area contributed by atoms with Crippen molar-refractivity contribution in [3.05, 3.63) is 57.6 Å². The average Bonchev–Trinajstić information content (AvgIpc) is 2.93. The van der Waals surface area contributed by atoms with Crippen molar-refractivity contribution in [3.8, 4) is 11.5 Å². The first-order chi connectivity index (χ1) is 20.8. The van der Waals surface area contributed by atoms with Crippen LogP contribution >= 0.6 is 0 Å². The highest BCUT2D eigenvalue weighted by Crippen LogP contribution is 2.35. The summed E-state index contributed by atoms with van der Waals surface area (Å²) in [5.41, 5.74) is 4.99. The van der Waals surface area contributed by atoms with Crippen LogP contribution in [0.4, 0.5) is 0 Å². The first-order valence-electron chi connectivity index (χ1n) is 16.9. The van der Waals surface area contributed by atoms with E-state index in [0.717, 1.165) is 33.4 Å². The minimum atomic E-state index is -0.798. The van der Waals surface area contributed by atoms with Gasteiger partial charge in [0.15, 0.2) is 0 Å². The fraction of sp³-hybridized carbons (Fsp3) is 0.641. The average molecular weight is 629 g/mol. The SMILES string of the molecule is CCCCCCCCCCC.Cc1cc(CCC(=O)O)cc(C(C)(C)C)c1O.Cc1cc(CCC(=O)O)cc(C(C)(C)C)c1O. The summed E-state index contributed by atoms with van der Waals surface area (Å²) in [7, 11) is 0. The van der Waals surface area contributed by atoms with E-state index in [-0.39, 0.29) is 23.7 Å². The van der Waals surface area contributed by atoms with Crippen LogP contribution in [-0.2, 0) is 33.3 Å². The zero-order valence-corrected chi connectivity index (χ0v) is 30.1. The maximum atomic E-state index is 10.6. The maximum absolute atomic E-state index is 10.6. The van der Waals surface area contributed by atoms with Crippen molar-refractivity contribution in [3.63, 3.8) is 0 Å². The molecule has 6 heteroatoms. The van der Waals surface area contributed by atoms with Crippen LogP contribution in [0.2, 0.25) is 0 Å². The summed E-state index contributed by atoms with van der Waals surface area (Å²) in [5.74, 6) is -0.964. The van der Waals surface area contributed by atoms with Gasteiger partial charge in [0, 0.05) is 12.8 Å². The fourth-order valence-corrected chi connectivity index (χ4v) is 5.03. The fourth-order valence-electron chi connectivity index (χ4n) is 5.03. The normalized spacial score (nSPS) is 11.2. The van der Waals surface area contributed by atoms with Crippen molar-refractivity contribution in [2.24, 2.45) is 0 Å². The molecular weight excluding hydrogens is 564 g/mol. The molecule has 0 aliphatic rings. The van der Waals surface area contributed by atoms with Crippen molar-refractivity contribution in [2.75, 3.05) is 0 Å². The van der Waals surface area contributed by atoms with Gasteiger partial charge in [-0.25, -0.2) is 0 Å². The van der Waals surface area contributed by atoms with Crippen molar-refractivity contribution in [2.45, 2.75) is 164 Å². The van der Waals surface area contributed by atoms with E-state index in [0.29, 0.717) is 24.3 Å². The quantitative estimate of drug-likeness (QED) is 0.155. The van der Waals surface area contributed by atoms with Crippen LogP contribution in [0.5, 0.6) is 11.5 Å². The number of carboxylic acid groups (broad SMARTS) is 2. The molecule has 0 unspecified atom stereocenters. The molecule has 0 aromatic heterocycles. The Hall–Kier alpha value is -3.02. The van der Waals surface area contributed by atoms with Crippen LogP contribution in [0.25, 0.3) is 0 Å². The van der Waals surface area contributed by atoms with Gasteiger partial charge in [-0.2, -0.15) is 0 Å². The highest BCUT2D eigenvalue weighted by Gasteiger charge is 2.21. The van der Waals surface area contributed by atoms with Gasteiger partial charge in [-0.3, -0.25) is 9.59 Å². The number of aryl methyl sites for hydroxylation is 4. The number of carbonyl (C=O) groups is 2. The van der Waals surface area contributed by atoms with E-state index >= 15 is 0 Å². The minimum Gasteiger partial charge on any atom is -0.507 e. The monoisotopic (exact) mass is 628 g/mol. The molecule has 0 saturated heterocycles. The number of rotatable bonds is 14. The van der Waals surface area contributed by atoms with Crippen LogP contribution in [-0.4, -0.2) is 32.4 Å². The van der Waals surface area contributed by atoms with E-state index in [1.54, 1.807) is 0 Å². The van der Waals surface area contributed by atoms with E-state index < -0.39 is 11.9 Å². The maximum Gasteiger partial charge on any atom is 0.303 e. The second kappa shape index (κ2) is 20.9. The smallest absolute Gasteiger partial charge is 0.303 e.